The Morgan fingerprint density at radius 1 is 1.04 bits per heavy atom. The summed E-state index contributed by atoms with van der Waals surface area (Å²) < 4.78 is 10.7. The van der Waals surface area contributed by atoms with Crippen molar-refractivity contribution in [3.63, 3.8) is 0 Å². The Balaban J connectivity index is 1.76. The van der Waals surface area contributed by atoms with Gasteiger partial charge in [0.05, 0.1) is 13.2 Å². The zero-order valence-corrected chi connectivity index (χ0v) is 14.0. The first-order valence-electron chi connectivity index (χ1n) is 7.49. The van der Waals surface area contributed by atoms with Crippen LogP contribution in [0, 0.1) is 0 Å². The molecule has 0 saturated heterocycles. The molecule has 0 spiro atoms. The van der Waals surface area contributed by atoms with Gasteiger partial charge in [-0.2, -0.15) is 0 Å². The molecule has 0 unspecified atom stereocenters. The average molecular weight is 348 g/mol. The molecule has 0 heterocycles. The molecule has 0 atom stereocenters. The molecule has 0 radical (unpaired) electrons. The highest BCUT2D eigenvalue weighted by atomic mass is 35.5. The second-order valence-corrected chi connectivity index (χ2v) is 5.34. The van der Waals surface area contributed by atoms with Crippen LogP contribution in [0.25, 0.3) is 0 Å². The van der Waals surface area contributed by atoms with Crippen molar-refractivity contribution in [1.82, 2.24) is 5.32 Å². The number of carbonyl (C=O) groups excluding carboxylic acids is 2. The Morgan fingerprint density at radius 3 is 2.33 bits per heavy atom. The Labute approximate surface area is 145 Å². The van der Waals surface area contributed by atoms with E-state index in [0.29, 0.717) is 22.9 Å². The van der Waals surface area contributed by atoms with E-state index < -0.39 is 0 Å². The minimum atomic E-state index is -0.376. The van der Waals surface area contributed by atoms with Gasteiger partial charge in [-0.25, -0.2) is 0 Å². The van der Waals surface area contributed by atoms with Crippen molar-refractivity contribution in [2.45, 2.75) is 6.92 Å². The predicted molar refractivity (Wildman–Crippen MR) is 91.9 cm³/mol. The van der Waals surface area contributed by atoms with Crippen molar-refractivity contribution in [1.29, 1.82) is 0 Å². The predicted octanol–water partition coefficient (Wildman–Crippen LogP) is 3.12. The van der Waals surface area contributed by atoms with Crippen LogP contribution < -0.4 is 14.8 Å². The maximum absolute atomic E-state index is 11.9. The standard InChI is InChI=1S/C18H18ClNO4/c1-2-23-15-6-8-16(9-7-15)24-12-18(22)20-11-17(21)13-4-3-5-14(19)10-13/h3-10H,2,11-12H2,1H3,(H,20,22). The van der Waals surface area contributed by atoms with Gasteiger partial charge in [0.15, 0.2) is 12.4 Å². The molecule has 0 aliphatic heterocycles. The van der Waals surface area contributed by atoms with Gasteiger partial charge in [-0.1, -0.05) is 23.7 Å². The number of Topliss-reactive ketones (excluding diaryl/α,β-unsaturated/α-hetero) is 1. The van der Waals surface area contributed by atoms with Crippen LogP contribution in [-0.2, 0) is 4.79 Å². The van der Waals surface area contributed by atoms with Crippen molar-refractivity contribution in [3.05, 3.63) is 59.1 Å². The van der Waals surface area contributed by atoms with Crippen LogP contribution in [-0.4, -0.2) is 31.4 Å². The fourth-order valence-electron chi connectivity index (χ4n) is 1.94. The van der Waals surface area contributed by atoms with E-state index in [0.717, 1.165) is 5.75 Å². The molecule has 0 saturated carbocycles. The third kappa shape index (κ3) is 5.59. The zero-order valence-electron chi connectivity index (χ0n) is 13.3. The SMILES string of the molecule is CCOc1ccc(OCC(=O)NCC(=O)c2cccc(Cl)c2)cc1. The number of rotatable bonds is 8. The van der Waals surface area contributed by atoms with Gasteiger partial charge in [0, 0.05) is 10.6 Å². The van der Waals surface area contributed by atoms with Gasteiger partial charge >= 0.3 is 0 Å². The molecule has 126 valence electrons. The largest absolute Gasteiger partial charge is 0.494 e. The van der Waals surface area contributed by atoms with Crippen molar-refractivity contribution < 1.29 is 19.1 Å². The van der Waals surface area contributed by atoms with E-state index >= 15 is 0 Å². The fourth-order valence-corrected chi connectivity index (χ4v) is 2.13. The lowest BCUT2D eigenvalue weighted by molar-refractivity contribution is -0.122. The summed E-state index contributed by atoms with van der Waals surface area (Å²) in [6, 6.07) is 13.5. The topological polar surface area (TPSA) is 64.6 Å². The van der Waals surface area contributed by atoms with Crippen LogP contribution in [0.5, 0.6) is 11.5 Å². The molecule has 2 aromatic carbocycles. The summed E-state index contributed by atoms with van der Waals surface area (Å²) in [6.45, 7) is 2.21. The first-order valence-corrected chi connectivity index (χ1v) is 7.87. The number of carbonyl (C=O) groups is 2. The molecular weight excluding hydrogens is 330 g/mol. The van der Waals surface area contributed by atoms with Crippen LogP contribution in [0.2, 0.25) is 5.02 Å². The van der Waals surface area contributed by atoms with Gasteiger partial charge in [-0.05, 0) is 43.3 Å². The first-order chi connectivity index (χ1) is 11.6. The monoisotopic (exact) mass is 347 g/mol. The van der Waals surface area contributed by atoms with E-state index in [1.54, 1.807) is 48.5 Å². The normalized spacial score (nSPS) is 10.1. The van der Waals surface area contributed by atoms with Gasteiger partial charge in [0.1, 0.15) is 11.5 Å². The molecule has 0 aromatic heterocycles. The summed E-state index contributed by atoms with van der Waals surface area (Å²) >= 11 is 5.83. The van der Waals surface area contributed by atoms with Gasteiger partial charge in [-0.15, -0.1) is 0 Å². The molecule has 6 heteroatoms. The number of ketones is 1. The number of benzene rings is 2. The fraction of sp³-hybridized carbons (Fsp3) is 0.222. The highest BCUT2D eigenvalue weighted by molar-refractivity contribution is 6.31. The molecule has 0 fully saturated rings. The van der Waals surface area contributed by atoms with Crippen LogP contribution in [0.1, 0.15) is 17.3 Å². The zero-order chi connectivity index (χ0) is 17.4. The molecule has 2 aromatic rings. The second-order valence-electron chi connectivity index (χ2n) is 4.90. The minimum absolute atomic E-state index is 0.105. The average Bonchev–Trinajstić information content (AvgIpc) is 2.59. The maximum atomic E-state index is 11.9. The molecule has 1 amide bonds. The van der Waals surface area contributed by atoms with Crippen molar-refractivity contribution in [3.8, 4) is 11.5 Å². The van der Waals surface area contributed by atoms with Crippen LogP contribution in [0.15, 0.2) is 48.5 Å². The molecular formula is C18H18ClNO4. The highest BCUT2D eigenvalue weighted by Crippen LogP contribution is 2.17. The molecule has 0 aliphatic rings. The summed E-state index contributed by atoms with van der Waals surface area (Å²) in [5, 5.41) is 3.00. The molecule has 5 nitrogen and oxygen atoms in total. The van der Waals surface area contributed by atoms with Crippen LogP contribution in [0.3, 0.4) is 0 Å². The first kappa shape index (κ1) is 17.8. The Bertz CT molecular complexity index is 700. The number of halogens is 1. The molecule has 24 heavy (non-hydrogen) atoms. The maximum Gasteiger partial charge on any atom is 0.258 e. The Kier molecular flexibility index (Phi) is 6.63. The highest BCUT2D eigenvalue weighted by Gasteiger charge is 2.09. The summed E-state index contributed by atoms with van der Waals surface area (Å²) in [6.07, 6.45) is 0. The van der Waals surface area contributed by atoms with E-state index in [1.165, 1.54) is 0 Å². The lowest BCUT2D eigenvalue weighted by atomic mass is 10.1. The van der Waals surface area contributed by atoms with E-state index in [2.05, 4.69) is 5.32 Å². The van der Waals surface area contributed by atoms with E-state index in [4.69, 9.17) is 21.1 Å². The third-order valence-corrected chi connectivity index (χ3v) is 3.33. The number of hydrogen-bond acceptors (Lipinski definition) is 4. The van der Waals surface area contributed by atoms with Crippen LogP contribution >= 0.6 is 11.6 Å². The van der Waals surface area contributed by atoms with E-state index in [9.17, 15) is 9.59 Å². The third-order valence-electron chi connectivity index (χ3n) is 3.10. The summed E-state index contributed by atoms with van der Waals surface area (Å²) in [5.41, 5.74) is 0.454. The van der Waals surface area contributed by atoms with Crippen molar-refractivity contribution >= 4 is 23.3 Å². The smallest absolute Gasteiger partial charge is 0.258 e. The quantitative estimate of drug-likeness (QED) is 0.745. The van der Waals surface area contributed by atoms with Crippen molar-refractivity contribution in [2.24, 2.45) is 0 Å². The van der Waals surface area contributed by atoms with Crippen molar-refractivity contribution in [2.75, 3.05) is 19.8 Å². The summed E-state index contributed by atoms with van der Waals surface area (Å²) in [7, 11) is 0. The van der Waals surface area contributed by atoms with Gasteiger partial charge < -0.3 is 14.8 Å². The minimum Gasteiger partial charge on any atom is -0.494 e. The Morgan fingerprint density at radius 2 is 1.71 bits per heavy atom. The molecule has 2 rings (SSSR count). The number of amides is 1. The lowest BCUT2D eigenvalue weighted by Gasteiger charge is -2.08. The summed E-state index contributed by atoms with van der Waals surface area (Å²) in [4.78, 5) is 23.7. The lowest BCUT2D eigenvalue weighted by Crippen LogP contribution is -2.33. The molecule has 0 aliphatic carbocycles. The van der Waals surface area contributed by atoms with Gasteiger partial charge in [0.25, 0.3) is 5.91 Å². The number of hydrogen-bond donors (Lipinski definition) is 1. The van der Waals surface area contributed by atoms with Crippen LogP contribution in [0.4, 0.5) is 0 Å². The molecule has 0 bridgehead atoms. The van der Waals surface area contributed by atoms with Gasteiger partial charge in [0.2, 0.25) is 0 Å². The molecule has 1 N–H and O–H groups in total. The van der Waals surface area contributed by atoms with E-state index in [1.807, 2.05) is 6.92 Å². The second kappa shape index (κ2) is 8.93. The summed E-state index contributed by atoms with van der Waals surface area (Å²) in [5.74, 6) is 0.697. The number of ether oxygens (including phenoxy) is 2. The Hall–Kier alpha value is -2.53. The number of nitrogens with one attached hydrogen (secondary N) is 1. The van der Waals surface area contributed by atoms with Gasteiger partial charge in [-0.3, -0.25) is 9.59 Å². The van der Waals surface area contributed by atoms with E-state index in [-0.39, 0.29) is 24.8 Å².